The first-order valence-electron chi connectivity index (χ1n) is 12.4. The Kier molecular flexibility index (Phi) is 6.42. The number of allylic oxidation sites excluding steroid dienone is 1. The van der Waals surface area contributed by atoms with E-state index in [1.165, 1.54) is 23.8 Å². The SMILES string of the molecule is C=NN(/C=C(\C)N1C[C@@H](c2nc3c4cc(F)c(OC)cc4nc(N)n3n2)CC[C@H]1C)[C@H]1CCC[C@@H]1O. The maximum Gasteiger partial charge on any atom is 0.223 e. The van der Waals surface area contributed by atoms with E-state index >= 15 is 0 Å². The van der Waals surface area contributed by atoms with Crippen LogP contribution < -0.4 is 10.5 Å². The second-order valence-corrected chi connectivity index (χ2v) is 9.81. The van der Waals surface area contributed by atoms with Gasteiger partial charge in [-0.05, 0) is 52.0 Å². The number of nitrogens with two attached hydrogens (primary N) is 1. The van der Waals surface area contributed by atoms with E-state index in [4.69, 9.17) is 15.5 Å². The van der Waals surface area contributed by atoms with Gasteiger partial charge >= 0.3 is 0 Å². The van der Waals surface area contributed by atoms with Crippen molar-refractivity contribution in [3.8, 4) is 5.75 Å². The van der Waals surface area contributed by atoms with E-state index in [2.05, 4.69) is 40.6 Å². The van der Waals surface area contributed by atoms with Crippen LogP contribution in [-0.2, 0) is 0 Å². The van der Waals surface area contributed by atoms with Crippen LogP contribution in [0.2, 0.25) is 0 Å². The summed E-state index contributed by atoms with van der Waals surface area (Å²) in [4.78, 5) is 11.5. The summed E-state index contributed by atoms with van der Waals surface area (Å²) in [5, 5.41) is 21.5. The molecule has 1 saturated heterocycles. The van der Waals surface area contributed by atoms with Gasteiger partial charge in [0.1, 0.15) is 0 Å². The average Bonchev–Trinajstić information content (AvgIpc) is 3.50. The Hall–Kier alpha value is -3.47. The lowest BCUT2D eigenvalue weighted by molar-refractivity contribution is 0.0964. The van der Waals surface area contributed by atoms with Gasteiger partial charge < -0.3 is 20.5 Å². The van der Waals surface area contributed by atoms with Crippen LogP contribution >= 0.6 is 0 Å². The third kappa shape index (κ3) is 4.21. The first-order chi connectivity index (χ1) is 17.3. The third-order valence-corrected chi connectivity index (χ3v) is 7.55. The minimum atomic E-state index is -0.491. The first kappa shape index (κ1) is 24.2. The lowest BCUT2D eigenvalue weighted by Gasteiger charge is -2.40. The van der Waals surface area contributed by atoms with E-state index < -0.39 is 11.9 Å². The number of piperidine rings is 1. The maximum atomic E-state index is 14.5. The van der Waals surface area contributed by atoms with Crippen molar-refractivity contribution in [3.05, 3.63) is 35.7 Å². The van der Waals surface area contributed by atoms with Gasteiger partial charge in [-0.1, -0.05) is 0 Å². The van der Waals surface area contributed by atoms with Crippen LogP contribution in [0.15, 0.2) is 29.1 Å². The fraction of sp³-hybridized carbons (Fsp3) is 0.520. The molecule has 3 N–H and O–H groups in total. The number of hydrogen-bond donors (Lipinski definition) is 2. The minimum Gasteiger partial charge on any atom is -0.494 e. The maximum absolute atomic E-state index is 14.5. The molecule has 3 aromatic rings. The van der Waals surface area contributed by atoms with E-state index in [0.717, 1.165) is 37.8 Å². The number of nitrogen functional groups attached to an aromatic ring is 1. The van der Waals surface area contributed by atoms with Crippen LogP contribution in [0.1, 0.15) is 57.7 Å². The second-order valence-electron chi connectivity index (χ2n) is 9.81. The normalized spacial score (nSPS) is 25.0. The highest BCUT2D eigenvalue weighted by Crippen LogP contribution is 2.34. The molecule has 0 bridgehead atoms. The van der Waals surface area contributed by atoms with Crippen LogP contribution in [-0.4, -0.2) is 73.2 Å². The van der Waals surface area contributed by atoms with E-state index in [9.17, 15) is 9.50 Å². The molecule has 3 heterocycles. The number of aliphatic hydroxyl groups is 1. The quantitative estimate of drug-likeness (QED) is 0.394. The molecule has 36 heavy (non-hydrogen) atoms. The van der Waals surface area contributed by atoms with E-state index in [1.807, 2.05) is 6.20 Å². The number of anilines is 1. The van der Waals surface area contributed by atoms with Crippen LogP contribution in [0.25, 0.3) is 16.6 Å². The van der Waals surface area contributed by atoms with E-state index in [1.54, 1.807) is 5.01 Å². The summed E-state index contributed by atoms with van der Waals surface area (Å²) in [5.41, 5.74) is 8.21. The zero-order valence-corrected chi connectivity index (χ0v) is 20.9. The molecule has 1 aliphatic carbocycles. The molecule has 192 valence electrons. The molecule has 0 radical (unpaired) electrons. The predicted octanol–water partition coefficient (Wildman–Crippen LogP) is 3.27. The van der Waals surface area contributed by atoms with Gasteiger partial charge in [-0.15, -0.1) is 5.10 Å². The molecular formula is C25H33FN8O2. The van der Waals surface area contributed by atoms with Crippen molar-refractivity contribution in [2.75, 3.05) is 19.4 Å². The Bertz CT molecular complexity index is 1320. The zero-order valence-electron chi connectivity index (χ0n) is 20.9. The fourth-order valence-corrected chi connectivity index (χ4v) is 5.52. The second kappa shape index (κ2) is 9.53. The Balaban J connectivity index is 1.45. The van der Waals surface area contributed by atoms with Gasteiger partial charge in [0.05, 0.1) is 24.8 Å². The molecule has 1 saturated carbocycles. The molecule has 0 spiro atoms. The molecule has 2 aliphatic rings. The molecule has 10 nitrogen and oxygen atoms in total. The van der Waals surface area contributed by atoms with Crippen molar-refractivity contribution >= 4 is 29.2 Å². The fourth-order valence-electron chi connectivity index (χ4n) is 5.52. The number of nitrogens with zero attached hydrogens (tertiary/aromatic N) is 7. The van der Waals surface area contributed by atoms with Gasteiger partial charge in [-0.2, -0.15) is 9.62 Å². The summed E-state index contributed by atoms with van der Waals surface area (Å²) in [6.07, 6.45) is 6.12. The molecule has 1 aliphatic heterocycles. The Morgan fingerprint density at radius 2 is 2.11 bits per heavy atom. The summed E-state index contributed by atoms with van der Waals surface area (Å²) in [5.74, 6) is 0.510. The third-order valence-electron chi connectivity index (χ3n) is 7.55. The van der Waals surface area contributed by atoms with E-state index in [-0.39, 0.29) is 23.7 Å². The average molecular weight is 497 g/mol. The van der Waals surface area contributed by atoms with Crippen molar-refractivity contribution in [2.24, 2.45) is 5.10 Å². The lowest BCUT2D eigenvalue weighted by Crippen LogP contribution is -2.41. The van der Waals surface area contributed by atoms with Crippen LogP contribution in [0.4, 0.5) is 10.3 Å². The van der Waals surface area contributed by atoms with Crippen molar-refractivity contribution in [2.45, 2.75) is 70.1 Å². The molecule has 4 atom stereocenters. The predicted molar refractivity (Wildman–Crippen MR) is 136 cm³/mol. The van der Waals surface area contributed by atoms with Crippen molar-refractivity contribution < 1.29 is 14.2 Å². The molecule has 5 rings (SSSR count). The molecule has 11 heteroatoms. The first-order valence-corrected chi connectivity index (χ1v) is 12.4. The van der Waals surface area contributed by atoms with Crippen LogP contribution in [0.3, 0.4) is 0 Å². The number of likely N-dealkylation sites (tertiary alicyclic amines) is 1. The molecule has 2 aromatic heterocycles. The van der Waals surface area contributed by atoms with Crippen LogP contribution in [0.5, 0.6) is 5.75 Å². The molecular weight excluding hydrogens is 463 g/mol. The summed E-state index contributed by atoms with van der Waals surface area (Å²) >= 11 is 0. The Labute approximate surface area is 209 Å². The number of hydrogen-bond acceptors (Lipinski definition) is 9. The topological polar surface area (TPSA) is 117 Å². The highest BCUT2D eigenvalue weighted by Gasteiger charge is 2.32. The summed E-state index contributed by atoms with van der Waals surface area (Å²) in [7, 11) is 1.41. The van der Waals surface area contributed by atoms with Crippen LogP contribution in [0, 0.1) is 5.82 Å². The molecule has 0 unspecified atom stereocenters. The minimum absolute atomic E-state index is 0.0452. The molecule has 1 aromatic carbocycles. The highest BCUT2D eigenvalue weighted by molar-refractivity contribution is 5.93. The number of aliphatic hydroxyl groups excluding tert-OH is 1. The number of fused-ring (bicyclic) bond motifs is 3. The van der Waals surface area contributed by atoms with Gasteiger partial charge in [-0.25, -0.2) is 14.4 Å². The lowest BCUT2D eigenvalue weighted by atomic mass is 9.92. The summed E-state index contributed by atoms with van der Waals surface area (Å²) in [6.45, 7) is 8.69. The monoisotopic (exact) mass is 496 g/mol. The largest absolute Gasteiger partial charge is 0.494 e. The molecule has 0 amide bonds. The summed E-state index contributed by atoms with van der Waals surface area (Å²) in [6, 6.07) is 3.17. The van der Waals surface area contributed by atoms with Gasteiger partial charge in [0.15, 0.2) is 23.0 Å². The number of halogens is 1. The van der Waals surface area contributed by atoms with Gasteiger partial charge in [0, 0.05) is 48.6 Å². The van der Waals surface area contributed by atoms with Gasteiger partial charge in [-0.3, -0.25) is 5.01 Å². The smallest absolute Gasteiger partial charge is 0.223 e. The number of ether oxygens (including phenoxy) is 1. The number of aromatic nitrogens is 4. The number of hydrazone groups is 1. The van der Waals surface area contributed by atoms with E-state index in [0.29, 0.717) is 35.0 Å². The van der Waals surface area contributed by atoms with Crippen molar-refractivity contribution in [1.29, 1.82) is 0 Å². The highest BCUT2D eigenvalue weighted by atomic mass is 19.1. The number of benzene rings is 1. The van der Waals surface area contributed by atoms with Gasteiger partial charge in [0.2, 0.25) is 5.95 Å². The van der Waals surface area contributed by atoms with Gasteiger partial charge in [0.25, 0.3) is 0 Å². The number of methoxy groups -OCH3 is 1. The number of rotatable bonds is 6. The standard InChI is InChI=1S/C25H33FN8O2/c1-14-8-9-16(13-32(14)15(2)12-33(28-3)20-6-5-7-21(20)35)23-30-24-17-10-18(26)22(36-4)11-19(17)29-25(27)34(24)31-23/h10-12,14,16,20-21,35H,3,5-9,13H2,1-2,4H3,(H2,27,29)/b15-12+/t14-,16+,20+,21+/m1/s1. The van der Waals surface area contributed by atoms with Crippen molar-refractivity contribution in [3.63, 3.8) is 0 Å². The van der Waals surface area contributed by atoms with Crippen molar-refractivity contribution in [1.82, 2.24) is 29.5 Å². The zero-order chi connectivity index (χ0) is 25.6. The summed E-state index contributed by atoms with van der Waals surface area (Å²) < 4.78 is 21.0. The molecule has 2 fully saturated rings. The Morgan fingerprint density at radius 3 is 2.81 bits per heavy atom. The Morgan fingerprint density at radius 1 is 1.31 bits per heavy atom.